The molecule has 0 aliphatic heterocycles. The predicted octanol–water partition coefficient (Wildman–Crippen LogP) is 15.3. The number of fused-ring (bicyclic) bond motifs is 2. The number of aryl methyl sites for hydroxylation is 2. The van der Waals surface area contributed by atoms with Crippen molar-refractivity contribution in [1.82, 2.24) is 4.98 Å². The summed E-state index contributed by atoms with van der Waals surface area (Å²) in [7, 11) is 0. The van der Waals surface area contributed by atoms with Crippen molar-refractivity contribution < 1.29 is 30.0 Å². The molecule has 6 rings (SSSR count). The maximum absolute atomic E-state index is 12.2. The zero-order valence-corrected chi connectivity index (χ0v) is 39.2. The van der Waals surface area contributed by atoms with Crippen LogP contribution in [0.5, 0.6) is 0 Å². The Bertz CT molecular complexity index is 1960. The van der Waals surface area contributed by atoms with Gasteiger partial charge in [-0.25, -0.2) is 0 Å². The molecule has 2 saturated carbocycles. The summed E-state index contributed by atoms with van der Waals surface area (Å²) in [5.41, 5.74) is 8.40. The van der Waals surface area contributed by atoms with E-state index in [4.69, 9.17) is 4.98 Å². The minimum Gasteiger partial charge on any atom is -0.512 e. The third-order valence-electron chi connectivity index (χ3n) is 14.3. The summed E-state index contributed by atoms with van der Waals surface area (Å²) >= 11 is 0. The minimum absolute atomic E-state index is 0. The molecule has 2 aliphatic carbocycles. The van der Waals surface area contributed by atoms with Crippen LogP contribution in [0.4, 0.5) is 0 Å². The van der Waals surface area contributed by atoms with Crippen LogP contribution in [-0.2, 0) is 30.3 Å². The van der Waals surface area contributed by atoms with Crippen LogP contribution in [0.2, 0.25) is 0 Å². The van der Waals surface area contributed by atoms with E-state index in [9.17, 15) is 9.90 Å². The van der Waals surface area contributed by atoms with Crippen LogP contribution in [0.1, 0.15) is 174 Å². The number of ketones is 1. The first kappa shape index (κ1) is 45.9. The molecule has 0 bridgehead atoms. The third-order valence-corrected chi connectivity index (χ3v) is 14.3. The fraction of sp³-hybridized carbons (Fsp3) is 0.577. The molecule has 2 fully saturated rings. The van der Waals surface area contributed by atoms with Gasteiger partial charge in [0.2, 0.25) is 0 Å². The summed E-state index contributed by atoms with van der Waals surface area (Å²) in [4.78, 5) is 17.5. The molecule has 0 saturated heterocycles. The van der Waals surface area contributed by atoms with E-state index in [1.807, 2.05) is 41.5 Å². The van der Waals surface area contributed by atoms with Crippen molar-refractivity contribution >= 4 is 27.5 Å². The fourth-order valence-electron chi connectivity index (χ4n) is 9.43. The van der Waals surface area contributed by atoms with Gasteiger partial charge in [0.25, 0.3) is 0 Å². The van der Waals surface area contributed by atoms with Crippen LogP contribution in [0.15, 0.2) is 60.4 Å². The van der Waals surface area contributed by atoms with Gasteiger partial charge in [0, 0.05) is 48.1 Å². The Labute approximate surface area is 354 Å². The normalized spacial score (nSPS) is 18.7. The molecule has 0 spiro atoms. The van der Waals surface area contributed by atoms with E-state index < -0.39 is 0 Å². The average Bonchev–Trinajstić information content (AvgIpc) is 3.19. The zero-order valence-electron chi connectivity index (χ0n) is 36.8. The Kier molecular flexibility index (Phi) is 15.8. The van der Waals surface area contributed by atoms with Crippen LogP contribution < -0.4 is 0 Å². The van der Waals surface area contributed by atoms with Gasteiger partial charge in [-0.2, -0.15) is 0 Å². The van der Waals surface area contributed by atoms with E-state index >= 15 is 0 Å². The molecule has 1 radical (unpaired) electrons. The monoisotopic (exact) mass is 936 g/mol. The van der Waals surface area contributed by atoms with Gasteiger partial charge < -0.3 is 5.11 Å². The van der Waals surface area contributed by atoms with Gasteiger partial charge in [0.15, 0.2) is 5.78 Å². The van der Waals surface area contributed by atoms with E-state index in [-0.39, 0.29) is 47.9 Å². The number of aliphatic hydroxyl groups excluding tert-OH is 1. The Morgan fingerprint density at radius 3 is 1.96 bits per heavy atom. The molecule has 2 aliphatic rings. The first-order valence-electron chi connectivity index (χ1n) is 21.9. The van der Waals surface area contributed by atoms with Gasteiger partial charge in [0.1, 0.15) is 5.76 Å². The number of aliphatic hydroxyl groups is 1. The quantitative estimate of drug-likeness (QED) is 0.0979. The summed E-state index contributed by atoms with van der Waals surface area (Å²) in [5.74, 6) is 2.85. The maximum atomic E-state index is 12.2. The number of hydrogen-bond donors (Lipinski definition) is 1. The van der Waals surface area contributed by atoms with E-state index in [2.05, 4.69) is 89.2 Å². The number of aromatic nitrogens is 1. The molecule has 4 aromatic rings. The van der Waals surface area contributed by atoms with Crippen LogP contribution >= 0.6 is 0 Å². The van der Waals surface area contributed by atoms with Gasteiger partial charge in [-0.15, -0.1) is 29.1 Å². The standard InChI is InChI=1S/C37H44N.C15H28O2.Ir/c1-24-19-25(2)36-32(28-17-15-27(16-18-28)26-11-7-6-8-12-26)23-34(38-35(36)20-24)30-21-29-13-9-10-14-31(29)33(22-30)37(3,4)5;1-7-14(5,8-2)12(16)11-13(17)15(6,9-3)10-4;/h9-10,13-14,19-20,22-23,26-28H,6-8,11-12,15-18H2,1-5H3;11,16H,7-10H2,1-6H3;/q-1;;/b;12-11-;. The summed E-state index contributed by atoms with van der Waals surface area (Å²) in [5, 5.41) is 14.0. The number of rotatable bonds is 10. The summed E-state index contributed by atoms with van der Waals surface area (Å²) < 4.78 is 0. The van der Waals surface area contributed by atoms with E-state index in [0.717, 1.165) is 54.3 Å². The summed E-state index contributed by atoms with van der Waals surface area (Å²) in [6, 6.07) is 22.0. The topological polar surface area (TPSA) is 50.2 Å². The van der Waals surface area contributed by atoms with E-state index in [1.54, 1.807) is 0 Å². The van der Waals surface area contributed by atoms with Crippen molar-refractivity contribution in [2.45, 2.75) is 171 Å². The Morgan fingerprint density at radius 1 is 0.786 bits per heavy atom. The molecule has 4 heteroatoms. The average molecular weight is 935 g/mol. The molecule has 307 valence electrons. The fourth-order valence-corrected chi connectivity index (χ4v) is 9.43. The molecule has 0 amide bonds. The molecule has 0 unspecified atom stereocenters. The van der Waals surface area contributed by atoms with Crippen LogP contribution in [0.25, 0.3) is 32.9 Å². The number of benzene rings is 3. The van der Waals surface area contributed by atoms with Crippen molar-refractivity contribution in [1.29, 1.82) is 0 Å². The van der Waals surface area contributed by atoms with Crippen LogP contribution in [0.3, 0.4) is 0 Å². The molecule has 3 nitrogen and oxygen atoms in total. The summed E-state index contributed by atoms with van der Waals surface area (Å²) in [6.07, 6.45) is 17.5. The zero-order chi connectivity index (χ0) is 40.1. The number of pyridine rings is 1. The maximum Gasteiger partial charge on any atom is 0.164 e. The van der Waals surface area contributed by atoms with Gasteiger partial charge >= 0.3 is 0 Å². The van der Waals surface area contributed by atoms with Gasteiger partial charge in [-0.1, -0.05) is 136 Å². The molecular weight excluding hydrogens is 863 g/mol. The Hall–Kier alpha value is -2.81. The van der Waals surface area contributed by atoms with Crippen molar-refractivity contribution in [3.8, 4) is 11.3 Å². The smallest absolute Gasteiger partial charge is 0.164 e. The molecule has 3 aromatic carbocycles. The van der Waals surface area contributed by atoms with E-state index in [0.29, 0.717) is 5.92 Å². The number of carbonyl (C=O) groups is 1. The second-order valence-corrected chi connectivity index (χ2v) is 18.9. The molecule has 0 atom stereocenters. The second kappa shape index (κ2) is 19.3. The number of hydrogen-bond acceptors (Lipinski definition) is 3. The minimum atomic E-state index is -0.337. The van der Waals surface area contributed by atoms with Crippen molar-refractivity contribution in [2.24, 2.45) is 22.7 Å². The van der Waals surface area contributed by atoms with E-state index in [1.165, 1.54) is 102 Å². The molecule has 56 heavy (non-hydrogen) atoms. The molecule has 1 heterocycles. The third kappa shape index (κ3) is 10.2. The van der Waals surface area contributed by atoms with Crippen LogP contribution in [-0.4, -0.2) is 15.9 Å². The van der Waals surface area contributed by atoms with Crippen molar-refractivity contribution in [2.75, 3.05) is 0 Å². The first-order chi connectivity index (χ1) is 26.1. The molecular formula is C52H72IrNO2-. The second-order valence-electron chi connectivity index (χ2n) is 18.9. The van der Waals surface area contributed by atoms with Gasteiger partial charge in [0.05, 0.1) is 5.52 Å². The van der Waals surface area contributed by atoms with Crippen molar-refractivity contribution in [3.05, 3.63) is 88.7 Å². The molecule has 1 N–H and O–H groups in total. The Morgan fingerprint density at radius 2 is 1.38 bits per heavy atom. The molecule has 1 aromatic heterocycles. The number of nitrogens with zero attached hydrogens (tertiary/aromatic N) is 1. The van der Waals surface area contributed by atoms with Gasteiger partial charge in [-0.05, 0) is 111 Å². The predicted molar refractivity (Wildman–Crippen MR) is 236 cm³/mol. The van der Waals surface area contributed by atoms with Gasteiger partial charge in [-0.3, -0.25) is 9.78 Å². The first-order valence-corrected chi connectivity index (χ1v) is 21.9. The number of carbonyl (C=O) groups excluding carboxylic acids is 1. The van der Waals surface area contributed by atoms with Crippen molar-refractivity contribution in [3.63, 3.8) is 0 Å². The summed E-state index contributed by atoms with van der Waals surface area (Å²) in [6.45, 7) is 23.5. The SMILES string of the molecule is CCC(C)(CC)C(=O)/C=C(\O)C(C)(CC)CC.Cc1cc(C)c2c(C3CCC(C4CCCCC4)CC3)cc(-c3[c-]c4ccccc4c(C(C)(C)C)c3)nc2c1.[Ir]. The Balaban J connectivity index is 0.000000330. The largest absolute Gasteiger partial charge is 0.512 e. The van der Waals surface area contributed by atoms with Crippen LogP contribution in [0, 0.1) is 42.6 Å². The number of allylic oxidation sites excluding steroid dienone is 2.